The molecule has 1 aliphatic carbocycles. The summed E-state index contributed by atoms with van der Waals surface area (Å²) in [5, 5.41) is 18.0. The molecular weight excluding hydrogens is 254 g/mol. The fraction of sp³-hybridized carbons (Fsp3) is 0.833. The predicted molar refractivity (Wildman–Crippen MR) is 61.3 cm³/mol. The van der Waals surface area contributed by atoms with Gasteiger partial charge in [-0.25, -0.2) is 0 Å². The van der Waals surface area contributed by atoms with E-state index in [9.17, 15) is 9.59 Å². The molecule has 0 bridgehead atoms. The monoisotopic (exact) mass is 276 g/mol. The molecule has 0 aromatic carbocycles. The third kappa shape index (κ3) is 6.40. The molecule has 0 spiro atoms. The zero-order chi connectivity index (χ0) is 12.1. The van der Waals surface area contributed by atoms with Gasteiger partial charge in [0.15, 0.2) is 0 Å². The Balaban J connectivity index is -0.000000320. The number of carboxylic acid groups (broad SMARTS) is 2. The molecule has 1 aliphatic rings. The molecule has 0 radical (unpaired) electrons. The number of rotatable bonds is 5. The molecule has 1 saturated carbocycles. The Morgan fingerprint density at radius 1 is 1.11 bits per heavy atom. The van der Waals surface area contributed by atoms with Crippen molar-refractivity contribution in [2.75, 3.05) is 0 Å². The van der Waals surface area contributed by atoms with Crippen LogP contribution < -0.4 is 59.1 Å². The van der Waals surface area contributed by atoms with Gasteiger partial charge in [-0.15, -0.1) is 0 Å². The summed E-state index contributed by atoms with van der Waals surface area (Å²) in [6.07, 6.45) is 5.16. The van der Waals surface area contributed by atoms with Crippen molar-refractivity contribution in [1.29, 1.82) is 0 Å². The van der Waals surface area contributed by atoms with Crippen LogP contribution in [0.15, 0.2) is 0 Å². The smallest absolute Gasteiger partial charge is 1.00 e. The second kappa shape index (κ2) is 10.7. The minimum absolute atomic E-state index is 0. The van der Waals surface area contributed by atoms with Gasteiger partial charge in [-0.1, -0.05) is 26.2 Å². The number of unbranched alkanes of at least 4 members (excludes halogenated alkanes) is 1. The van der Waals surface area contributed by atoms with Crippen molar-refractivity contribution in [3.63, 3.8) is 0 Å². The van der Waals surface area contributed by atoms with E-state index in [1.807, 2.05) is 0 Å². The Morgan fingerprint density at radius 2 is 1.67 bits per heavy atom. The van der Waals surface area contributed by atoms with Gasteiger partial charge in [-0.05, 0) is 25.2 Å². The van der Waals surface area contributed by atoms with Crippen molar-refractivity contribution in [3.8, 4) is 0 Å². The van der Waals surface area contributed by atoms with Crippen molar-refractivity contribution in [1.82, 2.24) is 0 Å². The zero-order valence-electron chi connectivity index (χ0n) is 13.7. The summed E-state index contributed by atoms with van der Waals surface area (Å²) in [4.78, 5) is 22.0. The van der Waals surface area contributed by atoms with Gasteiger partial charge in [0.2, 0.25) is 0 Å². The average molecular weight is 276 g/mol. The Hall–Kier alpha value is 0.940. The van der Waals surface area contributed by atoms with Crippen molar-refractivity contribution < 1.29 is 81.8 Å². The first-order chi connectivity index (χ1) is 7.56. The second-order valence-electron chi connectivity index (χ2n) is 4.71. The maximum atomic E-state index is 11.0. The molecule has 0 saturated heterocycles. The van der Waals surface area contributed by atoms with Gasteiger partial charge in [0, 0.05) is 0 Å². The third-order valence-corrected chi connectivity index (χ3v) is 3.56. The van der Waals surface area contributed by atoms with E-state index in [-0.39, 0.29) is 62.0 Å². The molecule has 3 unspecified atom stereocenters. The summed E-state index contributed by atoms with van der Waals surface area (Å²) in [7, 11) is 0. The summed E-state index contributed by atoms with van der Waals surface area (Å²) in [5.74, 6) is -2.88. The standard InChI is InChI=1S/C12H20O4.2Na.2H/c1-2-3-4-8-5-6-9(11(13)14)10(7-8)12(15)16;;;;/h8-10H,2-7H2,1H3,(H,13,14)(H,15,16);;;;/q;2*+1;2*-1. The molecule has 2 N–H and O–H groups in total. The molecular formula is C12H22Na2O4. The van der Waals surface area contributed by atoms with E-state index in [0.717, 1.165) is 25.7 Å². The van der Waals surface area contributed by atoms with Crippen LogP contribution in [0.5, 0.6) is 0 Å². The topological polar surface area (TPSA) is 74.6 Å². The SMILES string of the molecule is CCCCC1CCC(C(=O)O)C(C(=O)O)C1.[H-].[H-].[Na+].[Na+]. The van der Waals surface area contributed by atoms with Crippen molar-refractivity contribution >= 4 is 11.9 Å². The van der Waals surface area contributed by atoms with Gasteiger partial charge >= 0.3 is 71.1 Å². The number of hydrogen-bond donors (Lipinski definition) is 2. The molecule has 0 aromatic rings. The molecule has 3 atom stereocenters. The first-order valence-corrected chi connectivity index (χ1v) is 6.01. The van der Waals surface area contributed by atoms with Gasteiger partial charge in [-0.2, -0.15) is 0 Å². The second-order valence-corrected chi connectivity index (χ2v) is 4.71. The summed E-state index contributed by atoms with van der Waals surface area (Å²) < 4.78 is 0. The molecule has 96 valence electrons. The van der Waals surface area contributed by atoms with Crippen molar-refractivity contribution in [3.05, 3.63) is 0 Å². The molecule has 4 nitrogen and oxygen atoms in total. The van der Waals surface area contributed by atoms with E-state index in [2.05, 4.69) is 6.92 Å². The Bertz CT molecular complexity index is 280. The molecule has 0 aromatic heterocycles. The van der Waals surface area contributed by atoms with Gasteiger partial charge in [0.05, 0.1) is 11.8 Å². The van der Waals surface area contributed by atoms with E-state index in [1.165, 1.54) is 0 Å². The van der Waals surface area contributed by atoms with Crippen molar-refractivity contribution in [2.45, 2.75) is 45.4 Å². The van der Waals surface area contributed by atoms with Gasteiger partial charge in [0.1, 0.15) is 0 Å². The Kier molecular flexibility index (Phi) is 12.6. The fourth-order valence-corrected chi connectivity index (χ4v) is 2.58. The number of carbonyl (C=O) groups is 2. The van der Waals surface area contributed by atoms with Crippen LogP contribution >= 0.6 is 0 Å². The summed E-state index contributed by atoms with van der Waals surface area (Å²) in [6.45, 7) is 2.11. The van der Waals surface area contributed by atoms with Crippen LogP contribution in [-0.2, 0) is 9.59 Å². The predicted octanol–water partition coefficient (Wildman–Crippen LogP) is -3.39. The zero-order valence-corrected chi connectivity index (χ0v) is 15.7. The van der Waals surface area contributed by atoms with Crippen molar-refractivity contribution in [2.24, 2.45) is 17.8 Å². The quantitative estimate of drug-likeness (QED) is 0.514. The minimum atomic E-state index is -0.957. The van der Waals surface area contributed by atoms with Crippen LogP contribution in [0.3, 0.4) is 0 Å². The first kappa shape index (κ1) is 21.2. The maximum Gasteiger partial charge on any atom is 1.00 e. The molecule has 0 heterocycles. The summed E-state index contributed by atoms with van der Waals surface area (Å²) in [6, 6.07) is 0. The van der Waals surface area contributed by atoms with Gasteiger partial charge in [0.25, 0.3) is 0 Å². The molecule has 1 fully saturated rings. The molecule has 0 amide bonds. The van der Waals surface area contributed by atoms with E-state index in [0.29, 0.717) is 18.8 Å². The van der Waals surface area contributed by atoms with Crippen LogP contribution in [-0.4, -0.2) is 22.2 Å². The minimum Gasteiger partial charge on any atom is -1.00 e. The van der Waals surface area contributed by atoms with Crippen LogP contribution in [0.2, 0.25) is 0 Å². The molecule has 1 rings (SSSR count). The molecule has 18 heavy (non-hydrogen) atoms. The Labute approximate surface area is 155 Å². The average Bonchev–Trinajstić information content (AvgIpc) is 2.25. The maximum absolute atomic E-state index is 11.0. The first-order valence-electron chi connectivity index (χ1n) is 6.01. The normalized spacial score (nSPS) is 26.6. The fourth-order valence-electron chi connectivity index (χ4n) is 2.58. The van der Waals surface area contributed by atoms with Crippen LogP contribution in [0.25, 0.3) is 0 Å². The van der Waals surface area contributed by atoms with E-state index >= 15 is 0 Å². The van der Waals surface area contributed by atoms with Gasteiger partial charge < -0.3 is 13.1 Å². The number of carboxylic acids is 2. The van der Waals surface area contributed by atoms with Crippen LogP contribution in [0.4, 0.5) is 0 Å². The van der Waals surface area contributed by atoms with Crippen LogP contribution in [0.1, 0.15) is 48.3 Å². The van der Waals surface area contributed by atoms with Gasteiger partial charge in [-0.3, -0.25) is 9.59 Å². The number of aliphatic carboxylic acids is 2. The van der Waals surface area contributed by atoms with E-state index in [1.54, 1.807) is 0 Å². The summed E-state index contributed by atoms with van der Waals surface area (Å²) in [5.41, 5.74) is 0. The molecule has 6 heteroatoms. The summed E-state index contributed by atoms with van der Waals surface area (Å²) >= 11 is 0. The van der Waals surface area contributed by atoms with E-state index < -0.39 is 23.8 Å². The number of hydrogen-bond acceptors (Lipinski definition) is 2. The Morgan fingerprint density at radius 3 is 2.11 bits per heavy atom. The molecule has 0 aliphatic heterocycles. The van der Waals surface area contributed by atoms with Crippen LogP contribution in [0, 0.1) is 17.8 Å². The van der Waals surface area contributed by atoms with E-state index in [4.69, 9.17) is 10.2 Å². The third-order valence-electron chi connectivity index (χ3n) is 3.56. The largest absolute Gasteiger partial charge is 1.00 e.